The van der Waals surface area contributed by atoms with Gasteiger partial charge in [-0.1, -0.05) is 5.57 Å². The predicted octanol–water partition coefficient (Wildman–Crippen LogP) is 2.82. The van der Waals surface area contributed by atoms with Crippen LogP contribution in [0.5, 0.6) is 0 Å². The molecule has 4 atom stereocenters. The molecule has 2 N–H and O–H groups in total. The maximum Gasteiger partial charge on any atom is 0.330 e. The van der Waals surface area contributed by atoms with E-state index in [2.05, 4.69) is 33.7 Å². The Labute approximate surface area is 217 Å². The first-order valence-corrected chi connectivity index (χ1v) is 13.1. The fourth-order valence-corrected chi connectivity index (χ4v) is 5.79. The molecular formula is C26H38N6O5. The van der Waals surface area contributed by atoms with Crippen LogP contribution in [-0.2, 0) is 23.7 Å². The van der Waals surface area contributed by atoms with Crippen molar-refractivity contribution in [1.82, 2.24) is 24.4 Å². The van der Waals surface area contributed by atoms with Gasteiger partial charge in [-0.25, -0.2) is 19.7 Å². The highest BCUT2D eigenvalue weighted by atomic mass is 16.8. The van der Waals surface area contributed by atoms with Crippen LogP contribution in [0.15, 0.2) is 24.3 Å². The van der Waals surface area contributed by atoms with Crippen LogP contribution in [0.4, 0.5) is 5.82 Å². The van der Waals surface area contributed by atoms with E-state index < -0.39 is 12.0 Å². The number of allylic oxidation sites excluding steroid dienone is 1. The van der Waals surface area contributed by atoms with Crippen molar-refractivity contribution in [2.24, 2.45) is 5.92 Å². The lowest BCUT2D eigenvalue weighted by Gasteiger charge is -2.46. The molecule has 0 spiro atoms. The summed E-state index contributed by atoms with van der Waals surface area (Å²) >= 11 is 0. The molecular weight excluding hydrogens is 476 g/mol. The molecule has 11 heteroatoms. The number of ether oxygens (including phenoxy) is 4. The van der Waals surface area contributed by atoms with E-state index in [0.29, 0.717) is 48.1 Å². The van der Waals surface area contributed by atoms with Crippen LogP contribution in [0.3, 0.4) is 0 Å². The molecule has 2 aromatic heterocycles. The van der Waals surface area contributed by atoms with Crippen LogP contribution in [0, 0.1) is 5.92 Å². The van der Waals surface area contributed by atoms with Crippen molar-refractivity contribution in [3.63, 3.8) is 0 Å². The van der Waals surface area contributed by atoms with Crippen LogP contribution in [0.25, 0.3) is 11.2 Å². The summed E-state index contributed by atoms with van der Waals surface area (Å²) in [7, 11) is 0. The van der Waals surface area contributed by atoms with Crippen molar-refractivity contribution >= 4 is 23.0 Å². The number of nitrogens with two attached hydrogens (primary N) is 1. The van der Waals surface area contributed by atoms with E-state index in [1.165, 1.54) is 6.33 Å². The van der Waals surface area contributed by atoms with Crippen molar-refractivity contribution in [3.8, 4) is 0 Å². The molecule has 3 fully saturated rings. The molecule has 2 aliphatic heterocycles. The number of fused-ring (bicyclic) bond motifs is 2. The van der Waals surface area contributed by atoms with Gasteiger partial charge < -0.3 is 24.7 Å². The number of esters is 1. The minimum atomic E-state index is -0.723. The maximum absolute atomic E-state index is 11.9. The molecule has 0 radical (unpaired) electrons. The van der Waals surface area contributed by atoms with E-state index in [0.717, 1.165) is 18.4 Å². The van der Waals surface area contributed by atoms with E-state index in [9.17, 15) is 4.79 Å². The lowest BCUT2D eigenvalue weighted by Crippen LogP contribution is -2.52. The van der Waals surface area contributed by atoms with E-state index in [4.69, 9.17) is 24.7 Å². The highest BCUT2D eigenvalue weighted by Gasteiger charge is 2.57. The third-order valence-corrected chi connectivity index (χ3v) is 7.70. The third-order valence-electron chi connectivity index (χ3n) is 7.70. The van der Waals surface area contributed by atoms with Gasteiger partial charge in [0.25, 0.3) is 0 Å². The number of nitrogens with zero attached hydrogens (tertiary/aromatic N) is 5. The summed E-state index contributed by atoms with van der Waals surface area (Å²) in [6.07, 6.45) is 5.54. The average molecular weight is 515 g/mol. The van der Waals surface area contributed by atoms with Gasteiger partial charge in [-0.2, -0.15) is 0 Å². The zero-order chi connectivity index (χ0) is 26.5. The van der Waals surface area contributed by atoms with Crippen molar-refractivity contribution in [1.29, 1.82) is 0 Å². The number of imidazole rings is 1. The molecule has 3 aliphatic rings. The second-order valence-corrected chi connectivity index (χ2v) is 11.0. The number of hydrogen-bond acceptors (Lipinski definition) is 10. The van der Waals surface area contributed by atoms with Crippen molar-refractivity contribution in [2.45, 2.75) is 96.8 Å². The molecule has 5 rings (SSSR count). The highest BCUT2D eigenvalue weighted by molar-refractivity contribution is 5.82. The molecule has 1 saturated carbocycles. The number of carbonyl (C=O) groups is 1. The van der Waals surface area contributed by atoms with Crippen LogP contribution in [-0.4, -0.2) is 79.7 Å². The Kier molecular flexibility index (Phi) is 6.99. The zero-order valence-electron chi connectivity index (χ0n) is 22.5. The predicted molar refractivity (Wildman–Crippen MR) is 136 cm³/mol. The van der Waals surface area contributed by atoms with Gasteiger partial charge >= 0.3 is 5.97 Å². The Morgan fingerprint density at radius 1 is 1.27 bits per heavy atom. The number of hydrogen-bond donors (Lipinski definition) is 1. The largest absolute Gasteiger partial charge is 0.463 e. The topological polar surface area (TPSA) is 127 Å². The Morgan fingerprint density at radius 2 is 2.00 bits per heavy atom. The van der Waals surface area contributed by atoms with Gasteiger partial charge in [0.15, 0.2) is 23.5 Å². The van der Waals surface area contributed by atoms with Crippen molar-refractivity contribution in [2.75, 3.05) is 18.9 Å². The Hall–Kier alpha value is -2.60. The number of nitrogen functional groups attached to an aromatic ring is 1. The normalized spacial score (nSPS) is 31.2. The van der Waals surface area contributed by atoms with Gasteiger partial charge in [-0.3, -0.25) is 9.47 Å². The smallest absolute Gasteiger partial charge is 0.330 e. The van der Waals surface area contributed by atoms with Gasteiger partial charge in [0.05, 0.1) is 12.9 Å². The number of anilines is 1. The van der Waals surface area contributed by atoms with E-state index in [1.54, 1.807) is 12.4 Å². The minimum Gasteiger partial charge on any atom is -0.463 e. The Balaban J connectivity index is 1.32. The van der Waals surface area contributed by atoms with E-state index >= 15 is 0 Å². The van der Waals surface area contributed by atoms with E-state index in [-0.39, 0.29) is 24.3 Å². The van der Waals surface area contributed by atoms with Gasteiger partial charge in [0, 0.05) is 24.7 Å². The molecule has 0 unspecified atom stereocenters. The van der Waals surface area contributed by atoms with Gasteiger partial charge in [0.2, 0.25) is 0 Å². The first kappa shape index (κ1) is 26.0. The average Bonchev–Trinajstić information content (AvgIpc) is 3.44. The molecule has 11 nitrogen and oxygen atoms in total. The molecule has 37 heavy (non-hydrogen) atoms. The van der Waals surface area contributed by atoms with Crippen LogP contribution >= 0.6 is 0 Å². The zero-order valence-corrected chi connectivity index (χ0v) is 22.5. The lowest BCUT2D eigenvalue weighted by molar-refractivity contribution is -0.199. The lowest BCUT2D eigenvalue weighted by atomic mass is 9.74. The maximum atomic E-state index is 11.9. The second-order valence-electron chi connectivity index (χ2n) is 11.0. The second kappa shape index (κ2) is 9.94. The molecule has 0 bridgehead atoms. The summed E-state index contributed by atoms with van der Waals surface area (Å²) in [5.74, 6) is -0.274. The van der Waals surface area contributed by atoms with Gasteiger partial charge in [0.1, 0.15) is 30.2 Å². The molecule has 2 saturated heterocycles. The fourth-order valence-electron chi connectivity index (χ4n) is 5.79. The Morgan fingerprint density at radius 3 is 2.70 bits per heavy atom. The van der Waals surface area contributed by atoms with Crippen molar-refractivity contribution in [3.05, 3.63) is 24.3 Å². The highest BCUT2D eigenvalue weighted by Crippen LogP contribution is 2.45. The standard InChI is InChI=1S/C26H38N6O5/c1-7-34-19(33)8-15(4)16-9-17(10-16)31(14(2)3)11-18-21-22(37-26(5,6)36-21)25(35-18)32-13-30-20-23(27)28-12-29-24(20)32/h8,12-14,16-18,21-22,25H,7,9-11H2,1-6H3,(H2,27,28,29)/b15-8+/t16?,17?,18-,21-,22-,25-/m1/s1. The first-order valence-electron chi connectivity index (χ1n) is 13.1. The number of carbonyl (C=O) groups excluding carboxylic acids is 1. The molecule has 0 aromatic carbocycles. The SMILES string of the molecule is CCOC(=O)/C=C(\C)C1CC(N(C[C@H]2O[C@@H](n3cnc4c(N)ncnc43)[C@@H]3OC(C)(C)O[C@@H]32)C(C)C)C1. The summed E-state index contributed by atoms with van der Waals surface area (Å²) in [5, 5.41) is 0. The quantitative estimate of drug-likeness (QED) is 0.415. The van der Waals surface area contributed by atoms with Crippen LogP contribution in [0.2, 0.25) is 0 Å². The summed E-state index contributed by atoms with van der Waals surface area (Å²) in [6.45, 7) is 13.2. The first-order chi connectivity index (χ1) is 17.6. The Bertz CT molecular complexity index is 1170. The number of aromatic nitrogens is 4. The van der Waals surface area contributed by atoms with Gasteiger partial charge in [-0.15, -0.1) is 0 Å². The molecule has 4 heterocycles. The molecule has 202 valence electrons. The van der Waals surface area contributed by atoms with Gasteiger partial charge in [-0.05, 0) is 60.3 Å². The van der Waals surface area contributed by atoms with E-state index in [1.807, 2.05) is 32.3 Å². The van der Waals surface area contributed by atoms with Crippen LogP contribution in [0.1, 0.15) is 60.6 Å². The summed E-state index contributed by atoms with van der Waals surface area (Å²) in [5.41, 5.74) is 8.24. The minimum absolute atomic E-state index is 0.203. The summed E-state index contributed by atoms with van der Waals surface area (Å²) in [6, 6.07) is 0.715. The summed E-state index contributed by atoms with van der Waals surface area (Å²) in [4.78, 5) is 27.2. The van der Waals surface area contributed by atoms with Crippen molar-refractivity contribution < 1.29 is 23.7 Å². The number of rotatable bonds is 8. The molecule has 0 amide bonds. The molecule has 1 aliphatic carbocycles. The third kappa shape index (κ3) is 4.97. The fraction of sp³-hybridized carbons (Fsp3) is 0.692. The summed E-state index contributed by atoms with van der Waals surface area (Å²) < 4.78 is 26.3. The monoisotopic (exact) mass is 514 g/mol. The molecule has 2 aromatic rings. The van der Waals surface area contributed by atoms with Crippen LogP contribution < -0.4 is 5.73 Å².